The van der Waals surface area contributed by atoms with Gasteiger partial charge in [0, 0.05) is 5.39 Å². The first-order valence-corrected chi connectivity index (χ1v) is 5.33. The molecule has 0 aliphatic rings. The summed E-state index contributed by atoms with van der Waals surface area (Å²) in [6.45, 7) is -0.142. The molecule has 0 radical (unpaired) electrons. The summed E-state index contributed by atoms with van der Waals surface area (Å²) in [5.41, 5.74) is 6.62. The zero-order valence-corrected chi connectivity index (χ0v) is 9.55. The molecule has 1 atom stereocenters. The number of phenolic OH excluding ortho intramolecular Hbond substituents is 1. The van der Waals surface area contributed by atoms with E-state index in [1.54, 1.807) is 37.4 Å². The van der Waals surface area contributed by atoms with E-state index >= 15 is 0 Å². The van der Waals surface area contributed by atoms with E-state index in [2.05, 4.69) is 0 Å². The summed E-state index contributed by atoms with van der Waals surface area (Å²) in [6, 6.07) is 8.19. The molecule has 0 aliphatic carbocycles. The molecule has 4 heteroatoms. The Bertz CT molecular complexity index is 539. The van der Waals surface area contributed by atoms with Gasteiger partial charge in [0.05, 0.1) is 19.8 Å². The minimum absolute atomic E-state index is 0.142. The van der Waals surface area contributed by atoms with Gasteiger partial charge in [-0.1, -0.05) is 6.07 Å². The summed E-state index contributed by atoms with van der Waals surface area (Å²) < 4.78 is 5.15. The van der Waals surface area contributed by atoms with Crippen molar-refractivity contribution in [3.63, 3.8) is 0 Å². The molecule has 0 saturated carbocycles. The molecule has 0 amide bonds. The highest BCUT2D eigenvalue weighted by atomic mass is 16.5. The Kier molecular flexibility index (Phi) is 3.17. The number of rotatable bonds is 3. The monoisotopic (exact) mass is 233 g/mol. The molecule has 0 unspecified atom stereocenters. The fourth-order valence-corrected chi connectivity index (χ4v) is 1.88. The average Bonchev–Trinajstić information content (AvgIpc) is 2.38. The zero-order chi connectivity index (χ0) is 12.4. The number of benzene rings is 2. The Labute approximate surface area is 99.2 Å². The van der Waals surface area contributed by atoms with Crippen molar-refractivity contribution in [2.24, 2.45) is 5.73 Å². The van der Waals surface area contributed by atoms with Crippen LogP contribution in [0.4, 0.5) is 0 Å². The molecule has 0 fully saturated rings. The first-order valence-electron chi connectivity index (χ1n) is 5.33. The van der Waals surface area contributed by atoms with Crippen LogP contribution < -0.4 is 10.5 Å². The largest absolute Gasteiger partial charge is 0.507 e. The van der Waals surface area contributed by atoms with Gasteiger partial charge in [0.15, 0.2) is 0 Å². The number of aliphatic hydroxyl groups excluding tert-OH is 1. The molecule has 0 heterocycles. The lowest BCUT2D eigenvalue weighted by atomic mass is 9.98. The molecule has 17 heavy (non-hydrogen) atoms. The van der Waals surface area contributed by atoms with Gasteiger partial charge in [0.1, 0.15) is 11.5 Å². The van der Waals surface area contributed by atoms with E-state index < -0.39 is 6.04 Å². The summed E-state index contributed by atoms with van der Waals surface area (Å²) in [7, 11) is 1.58. The summed E-state index contributed by atoms with van der Waals surface area (Å²) in [5.74, 6) is 0.881. The number of methoxy groups -OCH3 is 1. The van der Waals surface area contributed by atoms with Gasteiger partial charge in [-0.25, -0.2) is 0 Å². The van der Waals surface area contributed by atoms with Crippen molar-refractivity contribution < 1.29 is 14.9 Å². The number of aliphatic hydroxyl groups is 1. The zero-order valence-electron chi connectivity index (χ0n) is 9.55. The molecular formula is C13H15NO3. The predicted octanol–water partition coefficient (Wildman–Crippen LogP) is 1.55. The fraction of sp³-hybridized carbons (Fsp3) is 0.231. The lowest BCUT2D eigenvalue weighted by molar-refractivity contribution is 0.268. The number of phenols is 1. The van der Waals surface area contributed by atoms with Crippen LogP contribution in [-0.4, -0.2) is 23.9 Å². The van der Waals surface area contributed by atoms with Crippen molar-refractivity contribution in [3.8, 4) is 11.5 Å². The van der Waals surface area contributed by atoms with Gasteiger partial charge < -0.3 is 20.7 Å². The first-order chi connectivity index (χ1) is 8.17. The van der Waals surface area contributed by atoms with E-state index in [0.29, 0.717) is 11.1 Å². The van der Waals surface area contributed by atoms with E-state index in [1.165, 1.54) is 0 Å². The smallest absolute Gasteiger partial charge is 0.123 e. The molecule has 2 aromatic carbocycles. The summed E-state index contributed by atoms with van der Waals surface area (Å²) >= 11 is 0. The standard InChI is InChI=1S/C13H15NO3/c1-17-8-2-3-10-11(6-8)9(12(14)7-15)4-5-13(10)16/h2-6,12,15-16H,7,14H2,1H3/t12-/m0/s1. The van der Waals surface area contributed by atoms with E-state index in [0.717, 1.165) is 10.9 Å². The second kappa shape index (κ2) is 4.61. The maximum absolute atomic E-state index is 9.77. The van der Waals surface area contributed by atoms with E-state index in [4.69, 9.17) is 15.6 Å². The molecule has 0 saturated heterocycles. The Morgan fingerprint density at radius 2 is 2.00 bits per heavy atom. The number of hydrogen-bond acceptors (Lipinski definition) is 4. The van der Waals surface area contributed by atoms with Gasteiger partial charge in [-0.05, 0) is 35.2 Å². The maximum atomic E-state index is 9.77. The fourth-order valence-electron chi connectivity index (χ4n) is 1.88. The van der Waals surface area contributed by atoms with E-state index in [9.17, 15) is 5.11 Å². The van der Waals surface area contributed by atoms with Crippen molar-refractivity contribution in [3.05, 3.63) is 35.9 Å². The molecule has 0 aliphatic heterocycles. The van der Waals surface area contributed by atoms with Gasteiger partial charge in [0.25, 0.3) is 0 Å². The van der Waals surface area contributed by atoms with Crippen molar-refractivity contribution >= 4 is 10.8 Å². The van der Waals surface area contributed by atoms with E-state index in [-0.39, 0.29) is 12.4 Å². The molecule has 0 bridgehead atoms. The van der Waals surface area contributed by atoms with Crippen molar-refractivity contribution in [2.75, 3.05) is 13.7 Å². The Morgan fingerprint density at radius 1 is 1.24 bits per heavy atom. The third-order valence-corrected chi connectivity index (χ3v) is 2.83. The lowest BCUT2D eigenvalue weighted by Crippen LogP contribution is -2.14. The van der Waals surface area contributed by atoms with Crippen LogP contribution >= 0.6 is 0 Å². The van der Waals surface area contributed by atoms with Gasteiger partial charge in [-0.2, -0.15) is 0 Å². The van der Waals surface area contributed by atoms with Crippen LogP contribution in [0.5, 0.6) is 11.5 Å². The number of hydrogen-bond donors (Lipinski definition) is 3. The third-order valence-electron chi connectivity index (χ3n) is 2.83. The molecule has 90 valence electrons. The average molecular weight is 233 g/mol. The van der Waals surface area contributed by atoms with Gasteiger partial charge in [0.2, 0.25) is 0 Å². The van der Waals surface area contributed by atoms with Crippen LogP contribution in [0.1, 0.15) is 11.6 Å². The summed E-state index contributed by atoms with van der Waals surface area (Å²) in [6.07, 6.45) is 0. The third kappa shape index (κ3) is 2.05. The summed E-state index contributed by atoms with van der Waals surface area (Å²) in [4.78, 5) is 0. The van der Waals surface area contributed by atoms with Crippen LogP contribution in [0, 0.1) is 0 Å². The highest BCUT2D eigenvalue weighted by molar-refractivity contribution is 5.92. The van der Waals surface area contributed by atoms with Crippen molar-refractivity contribution in [1.29, 1.82) is 0 Å². The molecule has 4 nitrogen and oxygen atoms in total. The minimum Gasteiger partial charge on any atom is -0.507 e. The van der Waals surface area contributed by atoms with Gasteiger partial charge >= 0.3 is 0 Å². The Morgan fingerprint density at radius 3 is 2.65 bits per heavy atom. The molecule has 0 spiro atoms. The quantitative estimate of drug-likeness (QED) is 0.751. The molecule has 4 N–H and O–H groups in total. The first kappa shape index (κ1) is 11.7. The second-order valence-corrected chi connectivity index (χ2v) is 3.87. The van der Waals surface area contributed by atoms with Crippen molar-refractivity contribution in [2.45, 2.75) is 6.04 Å². The van der Waals surface area contributed by atoms with Crippen LogP contribution in [0.2, 0.25) is 0 Å². The highest BCUT2D eigenvalue weighted by Crippen LogP contribution is 2.32. The second-order valence-electron chi connectivity index (χ2n) is 3.87. The van der Waals surface area contributed by atoms with Crippen LogP contribution in [-0.2, 0) is 0 Å². The lowest BCUT2D eigenvalue weighted by Gasteiger charge is -2.14. The molecular weight excluding hydrogens is 218 g/mol. The van der Waals surface area contributed by atoms with E-state index in [1.807, 2.05) is 0 Å². The molecule has 2 aromatic rings. The normalized spacial score (nSPS) is 12.6. The van der Waals surface area contributed by atoms with Crippen LogP contribution in [0.25, 0.3) is 10.8 Å². The number of aromatic hydroxyl groups is 1. The molecule has 2 rings (SSSR count). The van der Waals surface area contributed by atoms with Gasteiger partial charge in [-0.3, -0.25) is 0 Å². The van der Waals surface area contributed by atoms with Gasteiger partial charge in [-0.15, -0.1) is 0 Å². The SMILES string of the molecule is COc1ccc2c(O)ccc([C@@H](N)CO)c2c1. The van der Waals surface area contributed by atoms with Crippen LogP contribution in [0.15, 0.2) is 30.3 Å². The minimum atomic E-state index is -0.467. The Hall–Kier alpha value is -1.78. The highest BCUT2D eigenvalue weighted by Gasteiger charge is 2.11. The van der Waals surface area contributed by atoms with Crippen molar-refractivity contribution in [1.82, 2.24) is 0 Å². The molecule has 0 aromatic heterocycles. The topological polar surface area (TPSA) is 75.7 Å². The number of fused-ring (bicyclic) bond motifs is 1. The Balaban J connectivity index is 2.71. The summed E-state index contributed by atoms with van der Waals surface area (Å²) in [5, 5.41) is 20.4. The maximum Gasteiger partial charge on any atom is 0.123 e. The van der Waals surface area contributed by atoms with Crippen LogP contribution in [0.3, 0.4) is 0 Å². The number of ether oxygens (including phenoxy) is 1. The predicted molar refractivity (Wildman–Crippen MR) is 66.2 cm³/mol. The number of nitrogens with two attached hydrogens (primary N) is 1.